The molecule has 0 aliphatic rings. The molecule has 2 rings (SSSR count). The van der Waals surface area contributed by atoms with E-state index in [0.717, 1.165) is 0 Å². The summed E-state index contributed by atoms with van der Waals surface area (Å²) in [6.07, 6.45) is 0. The highest BCUT2D eigenvalue weighted by Gasteiger charge is 2.16. The Hall–Kier alpha value is -3.03. The number of hydrogen-bond donors (Lipinski definition) is 1. The number of carbonyl (C=O) groups excluding carboxylic acids is 2. The Morgan fingerprint density at radius 1 is 1.29 bits per heavy atom. The van der Waals surface area contributed by atoms with Crippen molar-refractivity contribution in [1.82, 2.24) is 10.1 Å². The average Bonchev–Trinajstić information content (AvgIpc) is 2.96. The minimum atomic E-state index is -0.597. The summed E-state index contributed by atoms with van der Waals surface area (Å²) in [6.45, 7) is 1.83. The van der Waals surface area contributed by atoms with Crippen molar-refractivity contribution in [2.45, 2.75) is 13.5 Å². The molecular weight excluding hydrogens is 314 g/mol. The van der Waals surface area contributed by atoms with Gasteiger partial charge >= 0.3 is 0 Å². The minimum Gasteiger partial charge on any atom is -0.493 e. The van der Waals surface area contributed by atoms with Crippen LogP contribution in [0, 0.1) is 6.92 Å². The summed E-state index contributed by atoms with van der Waals surface area (Å²) in [5, 5.41) is 3.86. The molecule has 0 fully saturated rings. The molecular formula is C16H19N3O5. The first-order valence-electron chi connectivity index (χ1n) is 7.17. The molecule has 2 N–H and O–H groups in total. The van der Waals surface area contributed by atoms with Crippen LogP contribution in [0.4, 0.5) is 0 Å². The van der Waals surface area contributed by atoms with Gasteiger partial charge < -0.3 is 24.6 Å². The molecule has 0 unspecified atom stereocenters. The molecule has 8 heteroatoms. The largest absolute Gasteiger partial charge is 0.493 e. The molecule has 1 aromatic heterocycles. The van der Waals surface area contributed by atoms with Gasteiger partial charge in [-0.15, -0.1) is 0 Å². The van der Waals surface area contributed by atoms with Gasteiger partial charge in [0, 0.05) is 18.7 Å². The Morgan fingerprint density at radius 2 is 2.04 bits per heavy atom. The third-order valence-electron chi connectivity index (χ3n) is 3.20. The van der Waals surface area contributed by atoms with E-state index in [1.165, 1.54) is 12.0 Å². The number of nitrogens with two attached hydrogens (primary N) is 1. The number of carbonyl (C=O) groups is 2. The zero-order chi connectivity index (χ0) is 17.7. The third-order valence-corrected chi connectivity index (χ3v) is 3.20. The van der Waals surface area contributed by atoms with Gasteiger partial charge in [0.2, 0.25) is 0 Å². The molecule has 0 radical (unpaired) electrons. The first-order valence-corrected chi connectivity index (χ1v) is 7.17. The van der Waals surface area contributed by atoms with E-state index in [9.17, 15) is 9.59 Å². The predicted octanol–water partition coefficient (Wildman–Crippen LogP) is 1.13. The van der Waals surface area contributed by atoms with Crippen molar-refractivity contribution in [3.8, 4) is 11.5 Å². The van der Waals surface area contributed by atoms with Crippen LogP contribution in [0.25, 0.3) is 0 Å². The van der Waals surface area contributed by atoms with Gasteiger partial charge in [-0.2, -0.15) is 0 Å². The van der Waals surface area contributed by atoms with E-state index in [0.29, 0.717) is 35.1 Å². The van der Waals surface area contributed by atoms with E-state index in [1.54, 1.807) is 38.2 Å². The van der Waals surface area contributed by atoms with E-state index in [2.05, 4.69) is 5.16 Å². The number of benzene rings is 1. The maximum absolute atomic E-state index is 12.5. The molecule has 2 amide bonds. The number of primary amides is 1. The van der Waals surface area contributed by atoms with Crippen molar-refractivity contribution >= 4 is 11.8 Å². The van der Waals surface area contributed by atoms with Gasteiger partial charge in [0.15, 0.2) is 18.1 Å². The maximum atomic E-state index is 12.5. The van der Waals surface area contributed by atoms with Crippen molar-refractivity contribution in [2.24, 2.45) is 5.73 Å². The average molecular weight is 333 g/mol. The molecule has 0 atom stereocenters. The molecule has 128 valence electrons. The molecule has 0 bridgehead atoms. The molecule has 1 aromatic carbocycles. The molecule has 24 heavy (non-hydrogen) atoms. The molecule has 0 saturated carbocycles. The zero-order valence-corrected chi connectivity index (χ0v) is 13.7. The minimum absolute atomic E-state index is 0.213. The van der Waals surface area contributed by atoms with Crippen LogP contribution in [0.1, 0.15) is 21.8 Å². The summed E-state index contributed by atoms with van der Waals surface area (Å²) >= 11 is 0. The summed E-state index contributed by atoms with van der Waals surface area (Å²) in [5.41, 5.74) is 6.13. The second kappa shape index (κ2) is 7.49. The summed E-state index contributed by atoms with van der Waals surface area (Å²) in [7, 11) is 3.11. The number of aryl methyl sites for hydroxylation is 1. The second-order valence-electron chi connectivity index (χ2n) is 5.21. The van der Waals surface area contributed by atoms with Crippen LogP contribution in [0.5, 0.6) is 11.5 Å². The Labute approximate surface area is 139 Å². The summed E-state index contributed by atoms with van der Waals surface area (Å²) in [6, 6.07) is 6.46. The third kappa shape index (κ3) is 4.25. The fourth-order valence-corrected chi connectivity index (χ4v) is 2.10. The van der Waals surface area contributed by atoms with Crippen molar-refractivity contribution in [2.75, 3.05) is 20.8 Å². The lowest BCUT2D eigenvalue weighted by molar-refractivity contribution is -0.119. The predicted molar refractivity (Wildman–Crippen MR) is 84.7 cm³/mol. The normalized spacial score (nSPS) is 10.3. The van der Waals surface area contributed by atoms with E-state index < -0.39 is 5.91 Å². The number of rotatable bonds is 7. The lowest BCUT2D eigenvalue weighted by Gasteiger charge is -2.17. The van der Waals surface area contributed by atoms with Crippen LogP contribution in [0.3, 0.4) is 0 Å². The van der Waals surface area contributed by atoms with Gasteiger partial charge in [0.25, 0.3) is 11.8 Å². The molecule has 0 aliphatic heterocycles. The van der Waals surface area contributed by atoms with E-state index in [1.807, 2.05) is 0 Å². The van der Waals surface area contributed by atoms with Crippen LogP contribution in [-0.2, 0) is 11.3 Å². The van der Waals surface area contributed by atoms with Crippen molar-refractivity contribution in [3.05, 3.63) is 41.3 Å². The molecule has 0 saturated heterocycles. The first-order chi connectivity index (χ1) is 11.4. The van der Waals surface area contributed by atoms with Crippen LogP contribution >= 0.6 is 0 Å². The molecule has 0 aliphatic carbocycles. The maximum Gasteiger partial charge on any atom is 0.255 e. The van der Waals surface area contributed by atoms with Gasteiger partial charge in [-0.05, 0) is 25.1 Å². The smallest absolute Gasteiger partial charge is 0.255 e. The van der Waals surface area contributed by atoms with E-state index >= 15 is 0 Å². The monoisotopic (exact) mass is 333 g/mol. The fraction of sp³-hybridized carbons (Fsp3) is 0.312. The van der Waals surface area contributed by atoms with Crippen LogP contribution in [0.15, 0.2) is 28.8 Å². The van der Waals surface area contributed by atoms with Gasteiger partial charge in [-0.1, -0.05) is 5.16 Å². The standard InChI is InChI=1S/C16H19N3O5/c1-10-6-12(18-24-10)8-19(2)16(21)11-4-5-13(14(7-11)22-3)23-9-15(17)20/h4-7H,8-9H2,1-3H3,(H2,17,20). The number of ether oxygens (including phenoxy) is 2. The molecule has 8 nitrogen and oxygen atoms in total. The Kier molecular flexibility index (Phi) is 5.41. The topological polar surface area (TPSA) is 108 Å². The number of methoxy groups -OCH3 is 1. The fourth-order valence-electron chi connectivity index (χ4n) is 2.10. The van der Waals surface area contributed by atoms with E-state index in [-0.39, 0.29) is 12.5 Å². The molecule has 0 spiro atoms. The van der Waals surface area contributed by atoms with Crippen molar-refractivity contribution in [1.29, 1.82) is 0 Å². The molecule has 2 aromatic rings. The first kappa shape index (κ1) is 17.3. The lowest BCUT2D eigenvalue weighted by Crippen LogP contribution is -2.26. The van der Waals surface area contributed by atoms with Crippen LogP contribution in [0.2, 0.25) is 0 Å². The number of nitrogens with zero attached hydrogens (tertiary/aromatic N) is 2. The lowest BCUT2D eigenvalue weighted by atomic mass is 10.1. The summed E-state index contributed by atoms with van der Waals surface area (Å²) in [5.74, 6) is 0.550. The van der Waals surface area contributed by atoms with Gasteiger partial charge in [-0.3, -0.25) is 9.59 Å². The SMILES string of the molecule is COc1cc(C(=O)N(C)Cc2cc(C)on2)ccc1OCC(N)=O. The Bertz CT molecular complexity index is 741. The van der Waals surface area contributed by atoms with Gasteiger partial charge in [0.05, 0.1) is 13.7 Å². The molecule has 1 heterocycles. The highest BCUT2D eigenvalue weighted by atomic mass is 16.5. The van der Waals surface area contributed by atoms with E-state index in [4.69, 9.17) is 19.7 Å². The quantitative estimate of drug-likeness (QED) is 0.813. The zero-order valence-electron chi connectivity index (χ0n) is 13.7. The number of amides is 2. The Morgan fingerprint density at radius 3 is 2.62 bits per heavy atom. The van der Waals surface area contributed by atoms with Crippen LogP contribution in [-0.4, -0.2) is 42.6 Å². The number of aromatic nitrogens is 1. The summed E-state index contributed by atoms with van der Waals surface area (Å²) < 4.78 is 15.4. The van der Waals surface area contributed by atoms with Crippen LogP contribution < -0.4 is 15.2 Å². The van der Waals surface area contributed by atoms with Crippen molar-refractivity contribution < 1.29 is 23.6 Å². The summed E-state index contributed by atoms with van der Waals surface area (Å²) in [4.78, 5) is 24.8. The van der Waals surface area contributed by atoms with Gasteiger partial charge in [0.1, 0.15) is 11.5 Å². The second-order valence-corrected chi connectivity index (χ2v) is 5.21. The number of hydrogen-bond acceptors (Lipinski definition) is 6. The van der Waals surface area contributed by atoms with Crippen molar-refractivity contribution in [3.63, 3.8) is 0 Å². The Balaban J connectivity index is 2.12. The highest BCUT2D eigenvalue weighted by molar-refractivity contribution is 5.94. The van der Waals surface area contributed by atoms with Gasteiger partial charge in [-0.25, -0.2) is 0 Å². The highest BCUT2D eigenvalue weighted by Crippen LogP contribution is 2.28.